The van der Waals surface area contributed by atoms with Crippen LogP contribution in [0.25, 0.3) is 0 Å². The highest BCUT2D eigenvalue weighted by molar-refractivity contribution is 5.74. The Morgan fingerprint density at radius 1 is 1.56 bits per heavy atom. The molecule has 0 rings (SSSR count). The predicted octanol–water partition coefficient (Wildman–Crippen LogP) is 2.54. The maximum Gasteiger partial charge on any atom is 0.311 e. The van der Waals surface area contributed by atoms with Crippen molar-refractivity contribution in [2.75, 3.05) is 7.11 Å². The standard InChI is InChI=1S/C13H24O3/c1-6-8-9-11(12(14)16-5)13(15,7-2)10(3)4/h7,10-11,15H,2,6,8-9H2,1,3-5H3. The van der Waals surface area contributed by atoms with Crippen molar-refractivity contribution in [3.8, 4) is 0 Å². The van der Waals surface area contributed by atoms with Crippen LogP contribution in [0.5, 0.6) is 0 Å². The number of carbonyl (C=O) groups is 1. The quantitative estimate of drug-likeness (QED) is 0.538. The van der Waals surface area contributed by atoms with Gasteiger partial charge in [0.25, 0.3) is 0 Å². The molecule has 3 heteroatoms. The lowest BCUT2D eigenvalue weighted by Crippen LogP contribution is -2.45. The molecule has 0 aliphatic carbocycles. The number of hydrogen-bond acceptors (Lipinski definition) is 3. The summed E-state index contributed by atoms with van der Waals surface area (Å²) in [6, 6.07) is 0. The molecule has 16 heavy (non-hydrogen) atoms. The summed E-state index contributed by atoms with van der Waals surface area (Å²) in [5.41, 5.74) is -1.18. The second-order valence-corrected chi connectivity index (χ2v) is 4.46. The number of unbranched alkanes of at least 4 members (excludes halogenated alkanes) is 1. The second kappa shape index (κ2) is 6.69. The van der Waals surface area contributed by atoms with Gasteiger partial charge in [-0.1, -0.05) is 39.7 Å². The van der Waals surface area contributed by atoms with E-state index in [2.05, 4.69) is 13.5 Å². The molecule has 2 unspecified atom stereocenters. The minimum Gasteiger partial charge on any atom is -0.469 e. The number of ether oxygens (including phenoxy) is 1. The fourth-order valence-electron chi connectivity index (χ4n) is 1.87. The molecule has 0 bridgehead atoms. The molecule has 3 nitrogen and oxygen atoms in total. The third kappa shape index (κ3) is 3.34. The van der Waals surface area contributed by atoms with Crippen molar-refractivity contribution >= 4 is 5.97 Å². The highest BCUT2D eigenvalue weighted by Crippen LogP contribution is 2.32. The summed E-state index contributed by atoms with van der Waals surface area (Å²) >= 11 is 0. The van der Waals surface area contributed by atoms with Crippen LogP contribution in [0.2, 0.25) is 0 Å². The first kappa shape index (κ1) is 15.2. The summed E-state index contributed by atoms with van der Waals surface area (Å²) in [5.74, 6) is -0.939. The van der Waals surface area contributed by atoms with E-state index >= 15 is 0 Å². The fourth-order valence-corrected chi connectivity index (χ4v) is 1.87. The highest BCUT2D eigenvalue weighted by atomic mass is 16.5. The van der Waals surface area contributed by atoms with Crippen molar-refractivity contribution in [3.05, 3.63) is 12.7 Å². The summed E-state index contributed by atoms with van der Waals surface area (Å²) in [5, 5.41) is 10.5. The summed E-state index contributed by atoms with van der Waals surface area (Å²) < 4.78 is 4.76. The number of carbonyl (C=O) groups excluding carboxylic acids is 1. The minimum absolute atomic E-state index is 0.0639. The molecule has 0 aliphatic rings. The van der Waals surface area contributed by atoms with Crippen LogP contribution in [0.4, 0.5) is 0 Å². The molecule has 94 valence electrons. The molecule has 0 saturated carbocycles. The Labute approximate surface area is 98.5 Å². The van der Waals surface area contributed by atoms with Gasteiger partial charge in [0, 0.05) is 0 Å². The molecule has 0 heterocycles. The third-order valence-electron chi connectivity index (χ3n) is 3.14. The number of rotatable bonds is 7. The van der Waals surface area contributed by atoms with Crippen molar-refractivity contribution < 1.29 is 14.6 Å². The van der Waals surface area contributed by atoms with E-state index in [1.54, 1.807) is 0 Å². The lowest BCUT2D eigenvalue weighted by atomic mass is 9.76. The van der Waals surface area contributed by atoms with Crippen LogP contribution in [0.1, 0.15) is 40.0 Å². The summed E-state index contributed by atoms with van der Waals surface area (Å²) in [6.07, 6.45) is 3.97. The molecule has 1 N–H and O–H groups in total. The first-order valence-electron chi connectivity index (χ1n) is 5.87. The Hall–Kier alpha value is -0.830. The van der Waals surface area contributed by atoms with E-state index < -0.39 is 11.5 Å². The number of hydrogen-bond donors (Lipinski definition) is 1. The molecule has 0 aliphatic heterocycles. The number of aliphatic hydroxyl groups is 1. The second-order valence-electron chi connectivity index (χ2n) is 4.46. The first-order valence-corrected chi connectivity index (χ1v) is 5.87. The Balaban J connectivity index is 4.97. The summed E-state index contributed by atoms with van der Waals surface area (Å²) in [6.45, 7) is 9.45. The van der Waals surface area contributed by atoms with Gasteiger partial charge in [0.15, 0.2) is 0 Å². The lowest BCUT2D eigenvalue weighted by Gasteiger charge is -2.35. The van der Waals surface area contributed by atoms with Crippen LogP contribution in [0.3, 0.4) is 0 Å². The van der Waals surface area contributed by atoms with Crippen molar-refractivity contribution in [1.29, 1.82) is 0 Å². The fraction of sp³-hybridized carbons (Fsp3) is 0.769. The van der Waals surface area contributed by atoms with E-state index in [9.17, 15) is 9.90 Å². The number of esters is 1. The molecule has 0 aromatic rings. The van der Waals surface area contributed by atoms with Crippen molar-refractivity contribution in [2.45, 2.75) is 45.6 Å². The van der Waals surface area contributed by atoms with E-state index in [0.717, 1.165) is 12.8 Å². The van der Waals surface area contributed by atoms with E-state index in [0.29, 0.717) is 6.42 Å². The van der Waals surface area contributed by atoms with Gasteiger partial charge in [-0.25, -0.2) is 0 Å². The molecule has 2 atom stereocenters. The van der Waals surface area contributed by atoms with Crippen LogP contribution in [-0.4, -0.2) is 23.8 Å². The largest absolute Gasteiger partial charge is 0.469 e. The maximum atomic E-state index is 11.7. The zero-order valence-corrected chi connectivity index (χ0v) is 10.8. The smallest absolute Gasteiger partial charge is 0.311 e. The predicted molar refractivity (Wildman–Crippen MR) is 65.0 cm³/mol. The lowest BCUT2D eigenvalue weighted by molar-refractivity contribution is -0.156. The van der Waals surface area contributed by atoms with Gasteiger partial charge in [0.2, 0.25) is 0 Å². The highest BCUT2D eigenvalue weighted by Gasteiger charge is 2.41. The summed E-state index contributed by atoms with van der Waals surface area (Å²) in [7, 11) is 1.35. The molecule has 0 amide bonds. The van der Waals surface area contributed by atoms with E-state index in [1.165, 1.54) is 13.2 Å². The maximum absolute atomic E-state index is 11.7. The van der Waals surface area contributed by atoms with Crippen molar-refractivity contribution in [3.63, 3.8) is 0 Å². The normalized spacial score (nSPS) is 16.6. The Morgan fingerprint density at radius 3 is 2.44 bits per heavy atom. The van der Waals surface area contributed by atoms with Gasteiger partial charge in [-0.3, -0.25) is 4.79 Å². The molecule has 0 radical (unpaired) electrons. The van der Waals surface area contributed by atoms with Gasteiger partial charge in [-0.15, -0.1) is 6.58 Å². The zero-order chi connectivity index (χ0) is 12.8. The summed E-state index contributed by atoms with van der Waals surface area (Å²) in [4.78, 5) is 11.7. The third-order valence-corrected chi connectivity index (χ3v) is 3.14. The monoisotopic (exact) mass is 228 g/mol. The molecule has 0 aromatic heterocycles. The van der Waals surface area contributed by atoms with E-state index in [-0.39, 0.29) is 11.9 Å². The van der Waals surface area contributed by atoms with Crippen LogP contribution < -0.4 is 0 Å². The van der Waals surface area contributed by atoms with Crippen LogP contribution in [0, 0.1) is 11.8 Å². The Kier molecular flexibility index (Phi) is 6.34. The first-order chi connectivity index (χ1) is 7.43. The van der Waals surface area contributed by atoms with Crippen LogP contribution in [0.15, 0.2) is 12.7 Å². The molecular weight excluding hydrogens is 204 g/mol. The van der Waals surface area contributed by atoms with Crippen molar-refractivity contribution in [1.82, 2.24) is 0 Å². The minimum atomic E-state index is -1.18. The van der Waals surface area contributed by atoms with Gasteiger partial charge >= 0.3 is 5.97 Å². The van der Waals surface area contributed by atoms with Gasteiger partial charge in [0.1, 0.15) is 0 Å². The molecule has 0 spiro atoms. The van der Waals surface area contributed by atoms with Gasteiger partial charge in [0.05, 0.1) is 18.6 Å². The molecule has 0 aromatic carbocycles. The van der Waals surface area contributed by atoms with Gasteiger partial charge in [-0.2, -0.15) is 0 Å². The van der Waals surface area contributed by atoms with Crippen LogP contribution in [-0.2, 0) is 9.53 Å². The van der Waals surface area contributed by atoms with E-state index in [4.69, 9.17) is 4.74 Å². The van der Waals surface area contributed by atoms with E-state index in [1.807, 2.05) is 13.8 Å². The topological polar surface area (TPSA) is 46.5 Å². The average Bonchev–Trinajstić information content (AvgIpc) is 2.28. The van der Waals surface area contributed by atoms with Crippen molar-refractivity contribution in [2.24, 2.45) is 11.8 Å². The van der Waals surface area contributed by atoms with Gasteiger partial charge < -0.3 is 9.84 Å². The average molecular weight is 228 g/mol. The Bertz CT molecular complexity index is 235. The Morgan fingerprint density at radius 2 is 2.12 bits per heavy atom. The SMILES string of the molecule is C=CC(O)(C(C)C)C(CCCC)C(=O)OC. The number of methoxy groups -OCH3 is 1. The van der Waals surface area contributed by atoms with Crippen LogP contribution >= 0.6 is 0 Å². The molecular formula is C13H24O3. The molecule has 0 saturated heterocycles. The molecule has 0 fully saturated rings. The zero-order valence-electron chi connectivity index (χ0n) is 10.8. The van der Waals surface area contributed by atoms with Gasteiger partial charge in [-0.05, 0) is 12.3 Å².